The minimum atomic E-state index is 0.697. The molecule has 1 fully saturated rings. The van der Waals surface area contributed by atoms with E-state index in [9.17, 15) is 0 Å². The Morgan fingerprint density at radius 1 is 1.42 bits per heavy atom. The third kappa shape index (κ3) is 4.96. The van der Waals surface area contributed by atoms with Gasteiger partial charge in [-0.1, -0.05) is 0 Å². The molecule has 0 amide bonds. The molecule has 24 heavy (non-hydrogen) atoms. The van der Waals surface area contributed by atoms with E-state index in [1.54, 1.807) is 17.5 Å². The van der Waals surface area contributed by atoms with Crippen LogP contribution in [0.25, 0.3) is 0 Å². The molecule has 0 saturated heterocycles. The number of hydrogen-bond donors (Lipinski definition) is 1. The summed E-state index contributed by atoms with van der Waals surface area (Å²) >= 11 is 1.72. The van der Waals surface area contributed by atoms with Gasteiger partial charge in [0.05, 0.1) is 6.61 Å². The molecule has 0 aromatic carbocycles. The fourth-order valence-electron chi connectivity index (χ4n) is 2.42. The van der Waals surface area contributed by atoms with Gasteiger partial charge in [-0.3, -0.25) is 4.99 Å². The van der Waals surface area contributed by atoms with Gasteiger partial charge in [-0.15, -0.1) is 0 Å². The fraction of sp³-hybridized carbons (Fsp3) is 0.444. The highest BCUT2D eigenvalue weighted by Gasteiger charge is 2.22. The Morgan fingerprint density at radius 2 is 2.29 bits per heavy atom. The third-order valence-electron chi connectivity index (χ3n) is 3.99. The van der Waals surface area contributed by atoms with Crippen molar-refractivity contribution in [3.05, 3.63) is 46.3 Å². The van der Waals surface area contributed by atoms with Crippen LogP contribution in [0.4, 0.5) is 0 Å². The van der Waals surface area contributed by atoms with Crippen LogP contribution in [-0.4, -0.2) is 36.5 Å². The first-order valence-corrected chi connectivity index (χ1v) is 9.19. The minimum Gasteiger partial charge on any atom is -0.477 e. The summed E-state index contributed by atoms with van der Waals surface area (Å²) in [6.45, 7) is 2.33. The Morgan fingerprint density at radius 3 is 3.00 bits per heavy atom. The number of aromatic nitrogens is 1. The van der Waals surface area contributed by atoms with E-state index in [4.69, 9.17) is 4.74 Å². The molecule has 0 radical (unpaired) electrons. The lowest BCUT2D eigenvalue weighted by atomic mass is 10.2. The van der Waals surface area contributed by atoms with E-state index >= 15 is 0 Å². The summed E-state index contributed by atoms with van der Waals surface area (Å²) in [5, 5.41) is 7.66. The summed E-state index contributed by atoms with van der Waals surface area (Å²) in [6.07, 6.45) is 4.37. The van der Waals surface area contributed by atoms with Crippen molar-refractivity contribution in [2.24, 2.45) is 10.9 Å². The van der Waals surface area contributed by atoms with Crippen molar-refractivity contribution in [3.63, 3.8) is 0 Å². The van der Waals surface area contributed by atoms with Crippen LogP contribution < -0.4 is 10.1 Å². The highest BCUT2D eigenvalue weighted by molar-refractivity contribution is 7.07. The summed E-state index contributed by atoms with van der Waals surface area (Å²) in [6, 6.07) is 6.14. The number of thiophene rings is 1. The van der Waals surface area contributed by atoms with Crippen LogP contribution in [0.1, 0.15) is 24.0 Å². The molecule has 0 spiro atoms. The van der Waals surface area contributed by atoms with Gasteiger partial charge in [0.15, 0.2) is 5.96 Å². The summed E-state index contributed by atoms with van der Waals surface area (Å²) < 4.78 is 5.74. The summed E-state index contributed by atoms with van der Waals surface area (Å²) in [7, 11) is 3.85. The van der Waals surface area contributed by atoms with E-state index < -0.39 is 0 Å². The maximum Gasteiger partial charge on any atom is 0.213 e. The number of hydrogen-bond acceptors (Lipinski definition) is 4. The lowest BCUT2D eigenvalue weighted by molar-refractivity contribution is 0.288. The second-order valence-electron chi connectivity index (χ2n) is 6.15. The van der Waals surface area contributed by atoms with Crippen LogP contribution in [0.15, 0.2) is 40.1 Å². The molecule has 1 saturated carbocycles. The van der Waals surface area contributed by atoms with Gasteiger partial charge in [-0.2, -0.15) is 11.3 Å². The molecule has 1 aliphatic carbocycles. The quantitative estimate of drug-likeness (QED) is 0.619. The van der Waals surface area contributed by atoms with Gasteiger partial charge in [-0.25, -0.2) is 4.98 Å². The molecule has 0 atom stereocenters. The zero-order chi connectivity index (χ0) is 16.8. The lowest BCUT2D eigenvalue weighted by Crippen LogP contribution is -2.37. The van der Waals surface area contributed by atoms with Crippen molar-refractivity contribution in [1.82, 2.24) is 15.2 Å². The monoisotopic (exact) mass is 344 g/mol. The van der Waals surface area contributed by atoms with E-state index in [-0.39, 0.29) is 0 Å². The van der Waals surface area contributed by atoms with Crippen molar-refractivity contribution in [2.75, 3.05) is 20.7 Å². The van der Waals surface area contributed by atoms with Gasteiger partial charge in [0.25, 0.3) is 0 Å². The number of aliphatic imine (C=N–C) groups is 1. The predicted molar refractivity (Wildman–Crippen MR) is 98.4 cm³/mol. The maximum atomic E-state index is 5.74. The SMILES string of the molecule is CN=C(NCc1ccnc(OCC2CC2)c1)N(C)Cc1ccsc1. The smallest absolute Gasteiger partial charge is 0.213 e. The van der Waals surface area contributed by atoms with E-state index in [0.29, 0.717) is 12.4 Å². The van der Waals surface area contributed by atoms with E-state index in [0.717, 1.165) is 30.6 Å². The molecule has 5 nitrogen and oxygen atoms in total. The summed E-state index contributed by atoms with van der Waals surface area (Å²) in [5.41, 5.74) is 2.44. The fourth-order valence-corrected chi connectivity index (χ4v) is 3.08. The topological polar surface area (TPSA) is 49.8 Å². The molecule has 2 heterocycles. The normalized spacial score (nSPS) is 14.5. The molecule has 3 rings (SSSR count). The van der Waals surface area contributed by atoms with Crippen LogP contribution in [0, 0.1) is 5.92 Å². The Hall–Kier alpha value is -2.08. The van der Waals surface area contributed by atoms with Gasteiger partial charge in [0, 0.05) is 39.4 Å². The molecule has 128 valence electrons. The first-order valence-electron chi connectivity index (χ1n) is 8.25. The minimum absolute atomic E-state index is 0.697. The Balaban J connectivity index is 1.51. The third-order valence-corrected chi connectivity index (χ3v) is 4.72. The zero-order valence-electron chi connectivity index (χ0n) is 14.2. The molecule has 0 aliphatic heterocycles. The summed E-state index contributed by atoms with van der Waals surface area (Å²) in [4.78, 5) is 10.8. The molecule has 1 N–H and O–H groups in total. The van der Waals surface area contributed by atoms with Crippen molar-refractivity contribution < 1.29 is 4.74 Å². The highest BCUT2D eigenvalue weighted by Crippen LogP contribution is 2.29. The number of pyridine rings is 1. The zero-order valence-corrected chi connectivity index (χ0v) is 15.1. The molecule has 1 aliphatic rings. The largest absolute Gasteiger partial charge is 0.477 e. The summed E-state index contributed by atoms with van der Waals surface area (Å²) in [5.74, 6) is 2.32. The van der Waals surface area contributed by atoms with Crippen molar-refractivity contribution >= 4 is 17.3 Å². The van der Waals surface area contributed by atoms with Crippen LogP contribution in [-0.2, 0) is 13.1 Å². The first kappa shape index (κ1) is 16.8. The number of rotatable bonds is 7. The molecule has 0 bridgehead atoms. The molecule has 0 unspecified atom stereocenters. The van der Waals surface area contributed by atoms with Crippen molar-refractivity contribution in [2.45, 2.75) is 25.9 Å². The van der Waals surface area contributed by atoms with E-state index in [2.05, 4.69) is 37.0 Å². The van der Waals surface area contributed by atoms with E-state index in [1.165, 1.54) is 18.4 Å². The second kappa shape index (κ2) is 8.15. The standard InChI is InChI=1S/C18H24N4OS/c1-19-18(22(2)11-16-6-8-24-13-16)21-10-15-5-7-20-17(9-15)23-12-14-3-4-14/h5-9,13-14H,3-4,10-12H2,1-2H3,(H,19,21). The van der Waals surface area contributed by atoms with Crippen LogP contribution >= 0.6 is 11.3 Å². The Labute approximate surface area is 147 Å². The Bertz CT molecular complexity index is 667. The molecular weight excluding hydrogens is 320 g/mol. The number of nitrogens with zero attached hydrogens (tertiary/aromatic N) is 3. The number of guanidine groups is 1. The lowest BCUT2D eigenvalue weighted by Gasteiger charge is -2.21. The van der Waals surface area contributed by atoms with Gasteiger partial charge >= 0.3 is 0 Å². The number of ether oxygens (including phenoxy) is 1. The predicted octanol–water partition coefficient (Wildman–Crippen LogP) is 3.14. The molecule has 2 aromatic rings. The van der Waals surface area contributed by atoms with Gasteiger partial charge in [-0.05, 0) is 52.8 Å². The maximum absolute atomic E-state index is 5.74. The van der Waals surface area contributed by atoms with Gasteiger partial charge < -0.3 is 15.0 Å². The van der Waals surface area contributed by atoms with Crippen molar-refractivity contribution in [1.29, 1.82) is 0 Å². The molecule has 2 aromatic heterocycles. The number of nitrogens with one attached hydrogen (secondary N) is 1. The van der Waals surface area contributed by atoms with Crippen molar-refractivity contribution in [3.8, 4) is 5.88 Å². The highest BCUT2D eigenvalue weighted by atomic mass is 32.1. The van der Waals surface area contributed by atoms with E-state index in [1.807, 2.05) is 26.2 Å². The average molecular weight is 344 g/mol. The first-order chi connectivity index (χ1) is 11.7. The molecular formula is C18H24N4OS. The Kier molecular flexibility index (Phi) is 5.69. The van der Waals surface area contributed by atoms with Crippen LogP contribution in [0.2, 0.25) is 0 Å². The molecule has 6 heteroatoms. The van der Waals surface area contributed by atoms with Crippen LogP contribution in [0.3, 0.4) is 0 Å². The average Bonchev–Trinajstić information content (AvgIpc) is 3.29. The van der Waals surface area contributed by atoms with Gasteiger partial charge in [0.1, 0.15) is 0 Å². The van der Waals surface area contributed by atoms with Gasteiger partial charge in [0.2, 0.25) is 5.88 Å². The second-order valence-corrected chi connectivity index (χ2v) is 6.93. The van der Waals surface area contributed by atoms with Crippen LogP contribution in [0.5, 0.6) is 5.88 Å².